The fourth-order valence-corrected chi connectivity index (χ4v) is 5.21. The number of piperidine rings is 1. The SMILES string of the molecule is CCS(=O)(=O)N1CCc2nc(OC3CCN(C4CCC4)CC3)ccc2C1. The van der Waals surface area contributed by atoms with Gasteiger partial charge in [-0.1, -0.05) is 12.5 Å². The van der Waals surface area contributed by atoms with Gasteiger partial charge in [0.05, 0.1) is 11.4 Å². The van der Waals surface area contributed by atoms with E-state index in [1.54, 1.807) is 11.2 Å². The molecule has 0 bridgehead atoms. The maximum Gasteiger partial charge on any atom is 0.214 e. The Morgan fingerprint density at radius 1 is 1.15 bits per heavy atom. The summed E-state index contributed by atoms with van der Waals surface area (Å²) in [5, 5.41) is 0. The normalized spacial score (nSPS) is 23.4. The lowest BCUT2D eigenvalue weighted by molar-refractivity contribution is 0.0474. The standard InChI is InChI=1S/C19H29N3O3S/c1-2-26(23,24)22-13-10-18-15(14-22)6-7-19(20-18)25-17-8-11-21(12-9-17)16-4-3-5-16/h6-7,16-17H,2-5,8-14H2,1H3. The minimum atomic E-state index is -3.14. The molecule has 0 N–H and O–H groups in total. The van der Waals surface area contributed by atoms with Gasteiger partial charge in [-0.3, -0.25) is 0 Å². The number of aromatic nitrogens is 1. The van der Waals surface area contributed by atoms with E-state index in [2.05, 4.69) is 9.88 Å². The molecular weight excluding hydrogens is 350 g/mol. The quantitative estimate of drug-likeness (QED) is 0.785. The summed E-state index contributed by atoms with van der Waals surface area (Å²) in [6.45, 7) is 4.89. The van der Waals surface area contributed by atoms with Crippen molar-refractivity contribution < 1.29 is 13.2 Å². The minimum Gasteiger partial charge on any atom is -0.474 e. The van der Waals surface area contributed by atoms with Crippen LogP contribution in [0.25, 0.3) is 0 Å². The number of pyridine rings is 1. The largest absolute Gasteiger partial charge is 0.474 e. The highest BCUT2D eigenvalue weighted by Gasteiger charge is 2.30. The molecule has 4 rings (SSSR count). The number of sulfonamides is 1. The summed E-state index contributed by atoms with van der Waals surface area (Å²) >= 11 is 0. The number of ether oxygens (including phenoxy) is 1. The van der Waals surface area contributed by atoms with Gasteiger partial charge in [0.2, 0.25) is 15.9 Å². The van der Waals surface area contributed by atoms with E-state index in [-0.39, 0.29) is 11.9 Å². The second-order valence-electron chi connectivity index (χ2n) is 7.68. The summed E-state index contributed by atoms with van der Waals surface area (Å²) in [7, 11) is -3.14. The molecule has 3 heterocycles. The highest BCUT2D eigenvalue weighted by molar-refractivity contribution is 7.89. The van der Waals surface area contributed by atoms with Crippen LogP contribution in [0.5, 0.6) is 5.88 Å². The predicted octanol–water partition coefficient (Wildman–Crippen LogP) is 2.19. The van der Waals surface area contributed by atoms with Crippen LogP contribution in [0.2, 0.25) is 0 Å². The van der Waals surface area contributed by atoms with Crippen molar-refractivity contribution in [1.29, 1.82) is 0 Å². The molecule has 2 aliphatic heterocycles. The fraction of sp³-hybridized carbons (Fsp3) is 0.737. The van der Waals surface area contributed by atoms with Crippen molar-refractivity contribution in [2.75, 3.05) is 25.4 Å². The first-order chi connectivity index (χ1) is 12.5. The number of fused-ring (bicyclic) bond motifs is 1. The van der Waals surface area contributed by atoms with Crippen LogP contribution < -0.4 is 4.74 Å². The third-order valence-electron chi connectivity index (χ3n) is 6.10. The number of likely N-dealkylation sites (tertiary alicyclic amines) is 1. The van der Waals surface area contributed by atoms with Crippen LogP contribution >= 0.6 is 0 Å². The molecule has 0 atom stereocenters. The zero-order chi connectivity index (χ0) is 18.1. The van der Waals surface area contributed by atoms with Crippen LogP contribution in [0.15, 0.2) is 12.1 Å². The Bertz CT molecular complexity index is 740. The van der Waals surface area contributed by atoms with Gasteiger partial charge < -0.3 is 9.64 Å². The molecule has 0 aromatic carbocycles. The maximum atomic E-state index is 12.1. The van der Waals surface area contributed by atoms with Gasteiger partial charge in [0, 0.05) is 44.7 Å². The molecule has 26 heavy (non-hydrogen) atoms. The molecule has 6 nitrogen and oxygen atoms in total. The Hall–Kier alpha value is -1.18. The molecule has 0 amide bonds. The van der Waals surface area contributed by atoms with Gasteiger partial charge >= 0.3 is 0 Å². The molecule has 7 heteroatoms. The predicted molar refractivity (Wildman–Crippen MR) is 101 cm³/mol. The Morgan fingerprint density at radius 3 is 2.58 bits per heavy atom. The monoisotopic (exact) mass is 379 g/mol. The molecule has 144 valence electrons. The zero-order valence-corrected chi connectivity index (χ0v) is 16.4. The lowest BCUT2D eigenvalue weighted by atomic mass is 9.90. The van der Waals surface area contributed by atoms with Crippen molar-refractivity contribution >= 4 is 10.0 Å². The smallest absolute Gasteiger partial charge is 0.214 e. The summed E-state index contributed by atoms with van der Waals surface area (Å²) in [4.78, 5) is 7.29. The van der Waals surface area contributed by atoms with E-state index in [1.165, 1.54) is 19.3 Å². The highest BCUT2D eigenvalue weighted by atomic mass is 32.2. The van der Waals surface area contributed by atoms with Crippen molar-refractivity contribution in [2.24, 2.45) is 0 Å². The molecule has 1 aromatic heterocycles. The van der Waals surface area contributed by atoms with Crippen LogP contribution in [-0.4, -0.2) is 60.1 Å². The van der Waals surface area contributed by atoms with Crippen LogP contribution in [0.4, 0.5) is 0 Å². The van der Waals surface area contributed by atoms with Gasteiger partial charge in [-0.25, -0.2) is 13.4 Å². The van der Waals surface area contributed by atoms with Crippen molar-refractivity contribution in [3.63, 3.8) is 0 Å². The van der Waals surface area contributed by atoms with Crippen LogP contribution in [0.3, 0.4) is 0 Å². The van der Waals surface area contributed by atoms with Crippen LogP contribution in [0, 0.1) is 0 Å². The average Bonchev–Trinajstić information content (AvgIpc) is 2.61. The van der Waals surface area contributed by atoms with Gasteiger partial charge in [-0.05, 0) is 38.2 Å². The summed E-state index contributed by atoms with van der Waals surface area (Å²) < 4.78 is 31.9. The van der Waals surface area contributed by atoms with Crippen LogP contribution in [-0.2, 0) is 23.0 Å². The van der Waals surface area contributed by atoms with E-state index in [0.717, 1.165) is 43.2 Å². The number of nitrogens with zero attached hydrogens (tertiary/aromatic N) is 3. The van der Waals surface area contributed by atoms with Gasteiger partial charge in [-0.2, -0.15) is 4.31 Å². The number of hydrogen-bond acceptors (Lipinski definition) is 5. The second-order valence-corrected chi connectivity index (χ2v) is 9.93. The van der Waals surface area contributed by atoms with Crippen molar-refractivity contribution in [2.45, 2.75) is 64.1 Å². The number of rotatable bonds is 5. The Kier molecular flexibility index (Phi) is 5.21. The Balaban J connectivity index is 1.35. The lowest BCUT2D eigenvalue weighted by Crippen LogP contribution is -2.46. The molecule has 0 unspecified atom stereocenters. The lowest BCUT2D eigenvalue weighted by Gasteiger charge is -2.41. The topological polar surface area (TPSA) is 62.7 Å². The first-order valence-corrected chi connectivity index (χ1v) is 11.5. The summed E-state index contributed by atoms with van der Waals surface area (Å²) in [6.07, 6.45) is 7.15. The van der Waals surface area contributed by atoms with E-state index in [1.807, 2.05) is 12.1 Å². The van der Waals surface area contributed by atoms with E-state index in [0.29, 0.717) is 25.4 Å². The van der Waals surface area contributed by atoms with E-state index in [4.69, 9.17) is 4.74 Å². The van der Waals surface area contributed by atoms with E-state index >= 15 is 0 Å². The summed E-state index contributed by atoms with van der Waals surface area (Å²) in [5.41, 5.74) is 1.98. The minimum absolute atomic E-state index is 0.149. The molecule has 1 saturated carbocycles. The molecule has 1 aliphatic carbocycles. The van der Waals surface area contributed by atoms with Gasteiger partial charge in [0.15, 0.2) is 0 Å². The summed E-state index contributed by atoms with van der Waals surface area (Å²) in [6, 6.07) is 4.71. The molecule has 0 spiro atoms. The Morgan fingerprint density at radius 2 is 1.92 bits per heavy atom. The molecule has 1 aromatic rings. The fourth-order valence-electron chi connectivity index (χ4n) is 4.14. The summed E-state index contributed by atoms with van der Waals surface area (Å²) in [5.74, 6) is 0.842. The first-order valence-electron chi connectivity index (χ1n) is 9.92. The first kappa shape index (κ1) is 18.2. The molecule has 1 saturated heterocycles. The Labute approximate surface area is 156 Å². The van der Waals surface area contributed by atoms with Crippen molar-refractivity contribution in [3.8, 4) is 5.88 Å². The molecule has 0 radical (unpaired) electrons. The maximum absolute atomic E-state index is 12.1. The van der Waals surface area contributed by atoms with E-state index < -0.39 is 10.0 Å². The highest BCUT2D eigenvalue weighted by Crippen LogP contribution is 2.29. The zero-order valence-electron chi connectivity index (χ0n) is 15.6. The van der Waals surface area contributed by atoms with Gasteiger partial charge in [0.25, 0.3) is 0 Å². The average molecular weight is 380 g/mol. The second kappa shape index (κ2) is 7.44. The van der Waals surface area contributed by atoms with Crippen molar-refractivity contribution in [1.82, 2.24) is 14.2 Å². The molecule has 3 aliphatic rings. The number of hydrogen-bond donors (Lipinski definition) is 0. The third kappa shape index (κ3) is 3.75. The van der Waals surface area contributed by atoms with Crippen molar-refractivity contribution in [3.05, 3.63) is 23.4 Å². The van der Waals surface area contributed by atoms with Gasteiger partial charge in [-0.15, -0.1) is 0 Å². The third-order valence-corrected chi connectivity index (χ3v) is 7.93. The van der Waals surface area contributed by atoms with Crippen LogP contribution in [0.1, 0.15) is 50.3 Å². The van der Waals surface area contributed by atoms with E-state index in [9.17, 15) is 8.42 Å². The molecular formula is C19H29N3O3S. The molecule has 2 fully saturated rings. The van der Waals surface area contributed by atoms with Gasteiger partial charge in [0.1, 0.15) is 6.10 Å².